The second-order valence-corrected chi connectivity index (χ2v) is 4.64. The summed E-state index contributed by atoms with van der Waals surface area (Å²) in [5, 5.41) is 0. The molecule has 68 valence electrons. The summed E-state index contributed by atoms with van der Waals surface area (Å²) in [6.45, 7) is 7.71. The predicted molar refractivity (Wildman–Crippen MR) is 47.9 cm³/mol. The first kappa shape index (κ1) is 8.24. The van der Waals surface area contributed by atoms with Gasteiger partial charge in [0.2, 0.25) is 0 Å². The van der Waals surface area contributed by atoms with Gasteiger partial charge in [-0.1, -0.05) is 13.8 Å². The van der Waals surface area contributed by atoms with Crippen molar-refractivity contribution in [2.24, 2.45) is 17.8 Å². The number of carbonyl (C=O) groups is 1. The Morgan fingerprint density at radius 2 is 2.00 bits per heavy atom. The summed E-state index contributed by atoms with van der Waals surface area (Å²) in [5.74, 6) is 2.08. The summed E-state index contributed by atoms with van der Waals surface area (Å²) in [6, 6.07) is 0. The van der Waals surface area contributed by atoms with E-state index in [0.717, 1.165) is 19.0 Å². The number of ketones is 1. The van der Waals surface area contributed by atoms with Crippen molar-refractivity contribution in [3.05, 3.63) is 0 Å². The van der Waals surface area contributed by atoms with Gasteiger partial charge < -0.3 is 4.90 Å². The van der Waals surface area contributed by atoms with E-state index >= 15 is 0 Å². The summed E-state index contributed by atoms with van der Waals surface area (Å²) in [7, 11) is 0. The van der Waals surface area contributed by atoms with Gasteiger partial charge in [0, 0.05) is 31.5 Å². The van der Waals surface area contributed by atoms with Crippen LogP contribution < -0.4 is 0 Å². The molecule has 2 saturated heterocycles. The fourth-order valence-electron chi connectivity index (χ4n) is 2.44. The largest absolute Gasteiger partial charge is 0.302 e. The monoisotopic (exact) mass is 167 g/mol. The van der Waals surface area contributed by atoms with E-state index in [0.29, 0.717) is 17.6 Å². The second kappa shape index (κ2) is 2.84. The molecule has 0 aromatic rings. The smallest absolute Gasteiger partial charge is 0.141 e. The van der Waals surface area contributed by atoms with E-state index in [1.165, 1.54) is 13.0 Å². The molecule has 12 heavy (non-hydrogen) atoms. The summed E-state index contributed by atoms with van der Waals surface area (Å²) in [4.78, 5) is 13.7. The van der Waals surface area contributed by atoms with Gasteiger partial charge in [0.1, 0.15) is 5.78 Å². The van der Waals surface area contributed by atoms with Crippen LogP contribution in [0.2, 0.25) is 0 Å². The number of nitrogens with zero attached hydrogens (tertiary/aromatic N) is 1. The van der Waals surface area contributed by atoms with Crippen molar-refractivity contribution in [2.75, 3.05) is 19.6 Å². The van der Waals surface area contributed by atoms with Gasteiger partial charge >= 0.3 is 0 Å². The van der Waals surface area contributed by atoms with Gasteiger partial charge in [-0.15, -0.1) is 0 Å². The minimum Gasteiger partial charge on any atom is -0.302 e. The summed E-state index contributed by atoms with van der Waals surface area (Å²) < 4.78 is 0. The van der Waals surface area contributed by atoms with Crippen LogP contribution in [-0.2, 0) is 4.79 Å². The third-order valence-corrected chi connectivity index (χ3v) is 2.95. The lowest BCUT2D eigenvalue weighted by Gasteiger charge is -2.46. The SMILES string of the molecule is CC(C)CN1C[C@H]2C[C@H](C1)C2=O. The highest BCUT2D eigenvalue weighted by Crippen LogP contribution is 2.36. The summed E-state index contributed by atoms with van der Waals surface area (Å²) >= 11 is 0. The van der Waals surface area contributed by atoms with Crippen LogP contribution >= 0.6 is 0 Å². The van der Waals surface area contributed by atoms with E-state index in [2.05, 4.69) is 18.7 Å². The number of rotatable bonds is 2. The molecule has 0 unspecified atom stereocenters. The van der Waals surface area contributed by atoms with E-state index in [1.54, 1.807) is 0 Å². The van der Waals surface area contributed by atoms with E-state index in [4.69, 9.17) is 0 Å². The average Bonchev–Trinajstić information content (AvgIpc) is 2.02. The number of fused-ring (bicyclic) bond motifs is 2. The molecule has 0 aromatic heterocycles. The lowest BCUT2D eigenvalue weighted by Crippen LogP contribution is -2.56. The Morgan fingerprint density at radius 1 is 1.42 bits per heavy atom. The Labute approximate surface area is 73.9 Å². The molecule has 0 N–H and O–H groups in total. The quantitative estimate of drug-likeness (QED) is 0.615. The Hall–Kier alpha value is -0.370. The van der Waals surface area contributed by atoms with Gasteiger partial charge in [0.15, 0.2) is 0 Å². The Morgan fingerprint density at radius 3 is 2.42 bits per heavy atom. The maximum Gasteiger partial charge on any atom is 0.141 e. The molecule has 2 nitrogen and oxygen atoms in total. The van der Waals surface area contributed by atoms with Gasteiger partial charge in [-0.25, -0.2) is 0 Å². The van der Waals surface area contributed by atoms with E-state index in [9.17, 15) is 4.79 Å². The van der Waals surface area contributed by atoms with Crippen molar-refractivity contribution in [3.8, 4) is 0 Å². The fraction of sp³-hybridized carbons (Fsp3) is 0.900. The lowest BCUT2D eigenvalue weighted by atomic mass is 9.69. The molecule has 0 spiro atoms. The first-order chi connectivity index (χ1) is 5.66. The van der Waals surface area contributed by atoms with Gasteiger partial charge in [0.05, 0.1) is 0 Å². The van der Waals surface area contributed by atoms with Crippen LogP contribution in [0.1, 0.15) is 20.3 Å². The summed E-state index contributed by atoms with van der Waals surface area (Å²) in [5.41, 5.74) is 0. The molecule has 2 heterocycles. The number of hydrogen-bond donors (Lipinski definition) is 0. The molecule has 3 fully saturated rings. The third-order valence-electron chi connectivity index (χ3n) is 2.95. The fourth-order valence-corrected chi connectivity index (χ4v) is 2.44. The molecular formula is C10H17NO. The van der Waals surface area contributed by atoms with Crippen LogP contribution in [-0.4, -0.2) is 30.3 Å². The second-order valence-electron chi connectivity index (χ2n) is 4.64. The maximum atomic E-state index is 11.2. The molecule has 2 aliphatic heterocycles. The normalized spacial score (nSPS) is 35.4. The van der Waals surface area contributed by atoms with Gasteiger partial charge in [0.25, 0.3) is 0 Å². The summed E-state index contributed by atoms with van der Waals surface area (Å²) in [6.07, 6.45) is 1.17. The van der Waals surface area contributed by atoms with Gasteiger partial charge in [-0.3, -0.25) is 4.79 Å². The third kappa shape index (κ3) is 1.28. The number of Topliss-reactive ketones (excluding diaryl/α,β-unsaturated/α-hetero) is 1. The number of hydrogen-bond acceptors (Lipinski definition) is 2. The molecule has 1 aliphatic carbocycles. The minimum atomic E-state index is 0.405. The molecule has 3 rings (SSSR count). The van der Waals surface area contributed by atoms with Crippen molar-refractivity contribution in [1.82, 2.24) is 4.90 Å². The Bertz CT molecular complexity index is 186. The maximum absolute atomic E-state index is 11.2. The van der Waals surface area contributed by atoms with Crippen molar-refractivity contribution in [2.45, 2.75) is 20.3 Å². The number of piperidine rings is 2. The van der Waals surface area contributed by atoms with Crippen molar-refractivity contribution in [3.63, 3.8) is 0 Å². The molecule has 0 aromatic carbocycles. The highest BCUT2D eigenvalue weighted by molar-refractivity contribution is 5.90. The average molecular weight is 167 g/mol. The van der Waals surface area contributed by atoms with Gasteiger partial charge in [-0.2, -0.15) is 0 Å². The van der Waals surface area contributed by atoms with E-state index in [1.807, 2.05) is 0 Å². The van der Waals surface area contributed by atoms with Gasteiger partial charge in [-0.05, 0) is 12.3 Å². The molecule has 2 atom stereocenters. The van der Waals surface area contributed by atoms with Crippen LogP contribution in [0.5, 0.6) is 0 Å². The Balaban J connectivity index is 1.86. The van der Waals surface area contributed by atoms with Crippen molar-refractivity contribution >= 4 is 5.78 Å². The van der Waals surface area contributed by atoms with Crippen LogP contribution in [0.4, 0.5) is 0 Å². The van der Waals surface area contributed by atoms with Crippen molar-refractivity contribution in [1.29, 1.82) is 0 Å². The zero-order valence-corrected chi connectivity index (χ0v) is 7.92. The van der Waals surface area contributed by atoms with Crippen LogP contribution in [0, 0.1) is 17.8 Å². The molecule has 2 heteroatoms. The standard InChI is InChI=1S/C10H17NO/c1-7(2)4-11-5-8-3-9(6-11)10(8)12/h7-9H,3-6H2,1-2H3/t8-,9-/m1/s1. The molecule has 2 bridgehead atoms. The lowest BCUT2D eigenvalue weighted by molar-refractivity contribution is -0.143. The minimum absolute atomic E-state index is 0.405. The first-order valence-corrected chi connectivity index (χ1v) is 4.93. The van der Waals surface area contributed by atoms with Crippen LogP contribution in [0.3, 0.4) is 0 Å². The molecule has 0 radical (unpaired) electrons. The Kier molecular flexibility index (Phi) is 1.95. The topological polar surface area (TPSA) is 20.3 Å². The van der Waals surface area contributed by atoms with Crippen LogP contribution in [0.25, 0.3) is 0 Å². The van der Waals surface area contributed by atoms with E-state index in [-0.39, 0.29) is 0 Å². The zero-order valence-electron chi connectivity index (χ0n) is 7.92. The van der Waals surface area contributed by atoms with Crippen LogP contribution in [0.15, 0.2) is 0 Å². The predicted octanol–water partition coefficient (Wildman–Crippen LogP) is 1.16. The molecular weight excluding hydrogens is 150 g/mol. The number of carbonyl (C=O) groups excluding carboxylic acids is 1. The molecule has 1 saturated carbocycles. The highest BCUT2D eigenvalue weighted by Gasteiger charge is 2.45. The molecule has 3 aliphatic rings. The molecule has 0 amide bonds. The van der Waals surface area contributed by atoms with E-state index < -0.39 is 0 Å². The zero-order chi connectivity index (χ0) is 8.72. The van der Waals surface area contributed by atoms with Crippen molar-refractivity contribution < 1.29 is 4.79 Å². The highest BCUT2D eigenvalue weighted by atomic mass is 16.1. The first-order valence-electron chi connectivity index (χ1n) is 4.93.